The Morgan fingerprint density at radius 3 is 2.64 bits per heavy atom. The molecule has 3 atom stereocenters. The third-order valence-corrected chi connectivity index (χ3v) is 6.62. The number of amides is 2. The standard InChI is InChI=1S/C21H24FN3O2S/c1-13(14-6-8-16(22)9-7-14)24-19-25-18(27)21(3,28-19)15-5-4-11-20(2,12-10-15)17(23)26/h5-10,12-13H,4,11H2,1-3H3,(H2,23,26)(H,24,25,27)/t13-,20?,21-/m0/s1. The highest BCUT2D eigenvalue weighted by Crippen LogP contribution is 2.42. The molecule has 7 heteroatoms. The van der Waals surface area contributed by atoms with E-state index >= 15 is 0 Å². The van der Waals surface area contributed by atoms with Gasteiger partial charge in [-0.1, -0.05) is 42.1 Å². The summed E-state index contributed by atoms with van der Waals surface area (Å²) in [6.45, 7) is 5.55. The van der Waals surface area contributed by atoms with Gasteiger partial charge in [0, 0.05) is 0 Å². The number of nitrogens with two attached hydrogens (primary N) is 1. The Bertz CT molecular complexity index is 893. The zero-order chi connectivity index (χ0) is 20.5. The summed E-state index contributed by atoms with van der Waals surface area (Å²) in [5.41, 5.74) is 6.51. The molecule has 1 heterocycles. The predicted octanol–water partition coefficient (Wildman–Crippen LogP) is 3.63. The first-order chi connectivity index (χ1) is 13.1. The van der Waals surface area contributed by atoms with Crippen molar-refractivity contribution in [2.24, 2.45) is 16.1 Å². The largest absolute Gasteiger partial charge is 0.369 e. The van der Waals surface area contributed by atoms with Crippen LogP contribution in [0, 0.1) is 11.2 Å². The van der Waals surface area contributed by atoms with E-state index in [2.05, 4.69) is 10.3 Å². The van der Waals surface area contributed by atoms with Gasteiger partial charge in [-0.15, -0.1) is 0 Å². The van der Waals surface area contributed by atoms with Crippen LogP contribution < -0.4 is 11.1 Å². The normalized spacial score (nSPS) is 29.9. The van der Waals surface area contributed by atoms with Crippen molar-refractivity contribution in [2.75, 3.05) is 0 Å². The van der Waals surface area contributed by atoms with Gasteiger partial charge >= 0.3 is 0 Å². The maximum atomic E-state index is 13.1. The highest BCUT2D eigenvalue weighted by atomic mass is 32.2. The van der Waals surface area contributed by atoms with Crippen LogP contribution in [0.3, 0.4) is 0 Å². The summed E-state index contributed by atoms with van der Waals surface area (Å²) < 4.78 is 12.3. The number of halogens is 1. The molecule has 3 N–H and O–H groups in total. The Morgan fingerprint density at radius 1 is 1.32 bits per heavy atom. The number of rotatable bonds is 4. The van der Waals surface area contributed by atoms with E-state index < -0.39 is 10.2 Å². The number of allylic oxidation sites excluding steroid dienone is 2. The number of benzene rings is 1. The number of amidine groups is 1. The third-order valence-electron chi connectivity index (χ3n) is 5.39. The van der Waals surface area contributed by atoms with Crippen molar-refractivity contribution in [3.05, 3.63) is 59.4 Å². The van der Waals surface area contributed by atoms with E-state index in [0.717, 1.165) is 11.1 Å². The van der Waals surface area contributed by atoms with E-state index in [1.807, 2.05) is 32.9 Å². The molecule has 1 aromatic carbocycles. The van der Waals surface area contributed by atoms with Crippen LogP contribution in [0.1, 0.15) is 45.2 Å². The first kappa shape index (κ1) is 20.3. The quantitative estimate of drug-likeness (QED) is 0.808. The molecule has 0 spiro atoms. The lowest BCUT2D eigenvalue weighted by atomic mass is 9.85. The average molecular weight is 402 g/mol. The molecule has 1 unspecified atom stereocenters. The fraction of sp³-hybridized carbons (Fsp3) is 0.381. The maximum Gasteiger partial charge on any atom is 0.246 e. The number of nitrogens with one attached hydrogen (secondary N) is 1. The lowest BCUT2D eigenvalue weighted by Gasteiger charge is -2.21. The first-order valence-corrected chi connectivity index (χ1v) is 9.99. The zero-order valence-corrected chi connectivity index (χ0v) is 17.0. The molecule has 1 aliphatic carbocycles. The van der Waals surface area contributed by atoms with Crippen molar-refractivity contribution in [2.45, 2.75) is 44.4 Å². The zero-order valence-electron chi connectivity index (χ0n) is 16.2. The summed E-state index contributed by atoms with van der Waals surface area (Å²) >= 11 is 1.35. The van der Waals surface area contributed by atoms with E-state index in [0.29, 0.717) is 18.0 Å². The van der Waals surface area contributed by atoms with Crippen molar-refractivity contribution in [1.29, 1.82) is 0 Å². The van der Waals surface area contributed by atoms with Crippen LogP contribution in [-0.4, -0.2) is 21.7 Å². The Kier molecular flexibility index (Phi) is 5.48. The second kappa shape index (κ2) is 7.54. The van der Waals surface area contributed by atoms with Crippen molar-refractivity contribution in [1.82, 2.24) is 5.32 Å². The lowest BCUT2D eigenvalue weighted by Crippen LogP contribution is -2.35. The molecular weight excluding hydrogens is 377 g/mol. The van der Waals surface area contributed by atoms with Gasteiger partial charge in [-0.2, -0.15) is 0 Å². The summed E-state index contributed by atoms with van der Waals surface area (Å²) in [5.74, 6) is -0.821. The number of nitrogens with zero attached hydrogens (tertiary/aromatic N) is 1. The van der Waals surface area contributed by atoms with E-state index in [-0.39, 0.29) is 23.7 Å². The van der Waals surface area contributed by atoms with Crippen LogP contribution in [0.2, 0.25) is 0 Å². The summed E-state index contributed by atoms with van der Waals surface area (Å²) in [6, 6.07) is 5.95. The van der Waals surface area contributed by atoms with E-state index in [1.165, 1.54) is 23.9 Å². The Labute approximate surface area is 168 Å². The number of carbonyl (C=O) groups excluding carboxylic acids is 2. The number of hydrogen-bond donors (Lipinski definition) is 2. The average Bonchev–Trinajstić information content (AvgIpc) is 2.80. The second-order valence-electron chi connectivity index (χ2n) is 7.56. The molecule has 2 amide bonds. The van der Waals surface area contributed by atoms with E-state index in [4.69, 9.17) is 5.73 Å². The van der Waals surface area contributed by atoms with E-state index in [9.17, 15) is 14.0 Å². The molecule has 1 saturated heterocycles. The van der Waals surface area contributed by atoms with Gasteiger partial charge in [0.25, 0.3) is 0 Å². The first-order valence-electron chi connectivity index (χ1n) is 9.17. The fourth-order valence-electron chi connectivity index (χ4n) is 3.23. The van der Waals surface area contributed by atoms with Crippen molar-refractivity contribution >= 4 is 28.7 Å². The molecule has 3 rings (SSSR count). The summed E-state index contributed by atoms with van der Waals surface area (Å²) in [6.07, 6.45) is 6.88. The SMILES string of the molecule is C[C@H](N=C1NC(=O)[C@](C)(C2=CCCC(C)(C(N)=O)C=C2)S1)c1ccc(F)cc1. The Balaban J connectivity index is 1.82. The smallest absolute Gasteiger partial charge is 0.246 e. The highest BCUT2D eigenvalue weighted by Gasteiger charge is 2.45. The molecule has 0 saturated carbocycles. The van der Waals surface area contributed by atoms with E-state index in [1.54, 1.807) is 18.2 Å². The minimum atomic E-state index is -0.833. The molecule has 0 aromatic heterocycles. The lowest BCUT2D eigenvalue weighted by molar-refractivity contribution is -0.124. The number of hydrogen-bond acceptors (Lipinski definition) is 4. The Hall–Kier alpha value is -2.41. The van der Waals surface area contributed by atoms with Crippen molar-refractivity contribution < 1.29 is 14.0 Å². The molecule has 5 nitrogen and oxygen atoms in total. The monoisotopic (exact) mass is 401 g/mol. The number of carbonyl (C=O) groups is 2. The summed E-state index contributed by atoms with van der Waals surface area (Å²) in [4.78, 5) is 29.1. The van der Waals surface area contributed by atoms with Gasteiger partial charge in [-0.3, -0.25) is 14.6 Å². The number of primary amides is 1. The molecule has 1 aliphatic heterocycles. The van der Waals surface area contributed by atoms with Crippen LogP contribution in [0.5, 0.6) is 0 Å². The number of thioether (sulfide) groups is 1. The Morgan fingerprint density at radius 2 is 2.00 bits per heavy atom. The van der Waals surface area contributed by atoms with Gasteiger partial charge in [0.05, 0.1) is 11.5 Å². The van der Waals surface area contributed by atoms with Crippen LogP contribution in [0.25, 0.3) is 0 Å². The minimum Gasteiger partial charge on any atom is -0.369 e. The van der Waals surface area contributed by atoms with Crippen LogP contribution in [0.15, 0.2) is 53.1 Å². The van der Waals surface area contributed by atoms with Gasteiger partial charge < -0.3 is 11.1 Å². The summed E-state index contributed by atoms with van der Waals surface area (Å²) in [7, 11) is 0. The molecule has 0 bridgehead atoms. The van der Waals surface area contributed by atoms with Crippen LogP contribution in [-0.2, 0) is 9.59 Å². The van der Waals surface area contributed by atoms with Crippen molar-refractivity contribution in [3.8, 4) is 0 Å². The third kappa shape index (κ3) is 3.90. The highest BCUT2D eigenvalue weighted by molar-refractivity contribution is 8.16. The van der Waals surface area contributed by atoms with Gasteiger partial charge in [-0.05, 0) is 56.9 Å². The summed E-state index contributed by atoms with van der Waals surface area (Å²) in [5, 5.41) is 3.38. The van der Waals surface area contributed by atoms with Crippen molar-refractivity contribution in [3.63, 3.8) is 0 Å². The molecule has 28 heavy (non-hydrogen) atoms. The molecule has 2 aliphatic rings. The fourth-order valence-corrected chi connectivity index (χ4v) is 4.39. The van der Waals surface area contributed by atoms with Gasteiger partial charge in [0.1, 0.15) is 10.6 Å². The molecule has 0 radical (unpaired) electrons. The van der Waals surface area contributed by atoms with Gasteiger partial charge in [0.2, 0.25) is 11.8 Å². The van der Waals surface area contributed by atoms with Crippen LogP contribution in [0.4, 0.5) is 4.39 Å². The van der Waals surface area contributed by atoms with Crippen LogP contribution >= 0.6 is 11.8 Å². The molecule has 1 aromatic rings. The number of aliphatic imine (C=N–C) groups is 1. The predicted molar refractivity (Wildman–Crippen MR) is 110 cm³/mol. The topological polar surface area (TPSA) is 84.6 Å². The minimum absolute atomic E-state index is 0.152. The molecule has 1 fully saturated rings. The van der Waals surface area contributed by atoms with Gasteiger partial charge in [-0.25, -0.2) is 4.39 Å². The maximum absolute atomic E-state index is 13.1. The molecule has 148 valence electrons. The molecular formula is C21H24FN3O2S. The second-order valence-corrected chi connectivity index (χ2v) is 8.97. The van der Waals surface area contributed by atoms with Gasteiger partial charge in [0.15, 0.2) is 5.17 Å².